The number of hydrogen-bond acceptors (Lipinski definition) is 4. The molecule has 0 fully saturated rings. The van der Waals surface area contributed by atoms with Crippen LogP contribution in [0.3, 0.4) is 0 Å². The summed E-state index contributed by atoms with van der Waals surface area (Å²) in [6.07, 6.45) is 2.00. The van der Waals surface area contributed by atoms with Crippen molar-refractivity contribution in [3.8, 4) is 11.5 Å². The fourth-order valence-corrected chi connectivity index (χ4v) is 3.27. The maximum Gasteiger partial charge on any atom is 0.248 e. The van der Waals surface area contributed by atoms with Gasteiger partial charge in [-0.1, -0.05) is 25.5 Å². The van der Waals surface area contributed by atoms with Crippen LogP contribution in [0.2, 0.25) is 0 Å². The molecule has 0 saturated carbocycles. The van der Waals surface area contributed by atoms with Gasteiger partial charge in [0.25, 0.3) is 0 Å². The second kappa shape index (κ2) is 8.61. The standard InChI is InChI=1S/C22H24N2O4/c1-4-5-15-12-22(26)24-18-13-16(7-8-17(15)18)23-21(25)11-14-6-9-19(27-2)20(10-14)28-3/h6-10,12-13H,4-5,11H2,1-3H3,(H,23,25)(H,24,26). The van der Waals surface area contributed by atoms with Crippen LogP contribution in [0.15, 0.2) is 47.3 Å². The van der Waals surface area contributed by atoms with E-state index in [1.807, 2.05) is 18.2 Å². The lowest BCUT2D eigenvalue weighted by atomic mass is 10.0. The molecule has 0 radical (unpaired) electrons. The summed E-state index contributed by atoms with van der Waals surface area (Å²) < 4.78 is 10.5. The number of methoxy groups -OCH3 is 2. The summed E-state index contributed by atoms with van der Waals surface area (Å²) in [7, 11) is 3.13. The molecule has 1 amide bonds. The van der Waals surface area contributed by atoms with Crippen LogP contribution in [0.25, 0.3) is 10.9 Å². The average molecular weight is 380 g/mol. The van der Waals surface area contributed by atoms with Crippen molar-refractivity contribution in [1.29, 1.82) is 0 Å². The van der Waals surface area contributed by atoms with Crippen molar-refractivity contribution in [2.24, 2.45) is 0 Å². The van der Waals surface area contributed by atoms with E-state index in [9.17, 15) is 9.59 Å². The number of benzene rings is 2. The molecule has 3 rings (SSSR count). The molecule has 0 unspecified atom stereocenters. The number of hydrogen-bond donors (Lipinski definition) is 2. The average Bonchev–Trinajstić information content (AvgIpc) is 2.67. The fourth-order valence-electron chi connectivity index (χ4n) is 3.27. The van der Waals surface area contributed by atoms with E-state index < -0.39 is 0 Å². The number of carbonyl (C=O) groups excluding carboxylic acids is 1. The summed E-state index contributed by atoms with van der Waals surface area (Å²) in [6, 6.07) is 12.6. The maximum absolute atomic E-state index is 12.5. The third-order valence-corrected chi connectivity index (χ3v) is 4.54. The molecular weight excluding hydrogens is 356 g/mol. The summed E-state index contributed by atoms with van der Waals surface area (Å²) >= 11 is 0. The summed E-state index contributed by atoms with van der Waals surface area (Å²) in [5.41, 5.74) is 3.06. The molecule has 2 aromatic carbocycles. The van der Waals surface area contributed by atoms with Crippen LogP contribution < -0.4 is 20.3 Å². The molecule has 2 N–H and O–H groups in total. The van der Waals surface area contributed by atoms with Gasteiger partial charge >= 0.3 is 0 Å². The number of aromatic nitrogens is 1. The first-order chi connectivity index (χ1) is 13.5. The van der Waals surface area contributed by atoms with E-state index >= 15 is 0 Å². The predicted molar refractivity (Wildman–Crippen MR) is 110 cm³/mol. The van der Waals surface area contributed by atoms with Crippen LogP contribution in [0.4, 0.5) is 5.69 Å². The number of fused-ring (bicyclic) bond motifs is 1. The van der Waals surface area contributed by atoms with E-state index in [1.165, 1.54) is 0 Å². The summed E-state index contributed by atoms with van der Waals surface area (Å²) in [5.74, 6) is 1.05. The number of pyridine rings is 1. The van der Waals surface area contributed by atoms with E-state index in [0.717, 1.165) is 34.9 Å². The lowest BCUT2D eigenvalue weighted by molar-refractivity contribution is -0.115. The number of anilines is 1. The molecule has 28 heavy (non-hydrogen) atoms. The number of nitrogens with one attached hydrogen (secondary N) is 2. The molecule has 0 saturated heterocycles. The van der Waals surface area contributed by atoms with Gasteiger partial charge in [0.2, 0.25) is 11.5 Å². The van der Waals surface area contributed by atoms with E-state index in [-0.39, 0.29) is 17.9 Å². The van der Waals surface area contributed by atoms with Crippen LogP contribution in [-0.2, 0) is 17.6 Å². The van der Waals surface area contributed by atoms with Crippen LogP contribution in [0.5, 0.6) is 11.5 Å². The van der Waals surface area contributed by atoms with Crippen molar-refractivity contribution in [3.63, 3.8) is 0 Å². The third kappa shape index (κ3) is 4.34. The Balaban J connectivity index is 1.79. The van der Waals surface area contributed by atoms with E-state index in [4.69, 9.17) is 9.47 Å². The van der Waals surface area contributed by atoms with Crippen molar-refractivity contribution in [3.05, 3.63) is 63.9 Å². The van der Waals surface area contributed by atoms with E-state index in [1.54, 1.807) is 38.5 Å². The summed E-state index contributed by atoms with van der Waals surface area (Å²) in [5, 5.41) is 3.89. The number of aromatic amines is 1. The van der Waals surface area contributed by atoms with Gasteiger partial charge in [0.1, 0.15) is 0 Å². The zero-order chi connectivity index (χ0) is 20.1. The molecule has 0 atom stereocenters. The molecule has 146 valence electrons. The molecule has 0 aliphatic rings. The lowest BCUT2D eigenvalue weighted by Crippen LogP contribution is -2.15. The van der Waals surface area contributed by atoms with Crippen LogP contribution in [0.1, 0.15) is 24.5 Å². The molecule has 0 spiro atoms. The van der Waals surface area contributed by atoms with Gasteiger partial charge in [-0.3, -0.25) is 9.59 Å². The van der Waals surface area contributed by atoms with Crippen molar-refractivity contribution >= 4 is 22.5 Å². The van der Waals surface area contributed by atoms with Crippen molar-refractivity contribution < 1.29 is 14.3 Å². The molecule has 0 bridgehead atoms. The Hall–Kier alpha value is -3.28. The van der Waals surface area contributed by atoms with Gasteiger partial charge in [0, 0.05) is 17.1 Å². The van der Waals surface area contributed by atoms with Crippen LogP contribution >= 0.6 is 0 Å². The van der Waals surface area contributed by atoms with Gasteiger partial charge in [-0.05, 0) is 41.8 Å². The fraction of sp³-hybridized carbons (Fsp3) is 0.273. The maximum atomic E-state index is 12.5. The quantitative estimate of drug-likeness (QED) is 0.655. The minimum atomic E-state index is -0.154. The van der Waals surface area contributed by atoms with Gasteiger partial charge in [0.15, 0.2) is 11.5 Å². The highest BCUT2D eigenvalue weighted by molar-refractivity contribution is 5.95. The smallest absolute Gasteiger partial charge is 0.248 e. The first-order valence-electron chi connectivity index (χ1n) is 9.20. The molecule has 0 aliphatic carbocycles. The van der Waals surface area contributed by atoms with Gasteiger partial charge in [-0.2, -0.15) is 0 Å². The van der Waals surface area contributed by atoms with E-state index in [2.05, 4.69) is 17.2 Å². The van der Waals surface area contributed by atoms with Crippen LogP contribution in [0, 0.1) is 0 Å². The minimum absolute atomic E-state index is 0.134. The van der Waals surface area contributed by atoms with Gasteiger partial charge in [-0.15, -0.1) is 0 Å². The Kier molecular flexibility index (Phi) is 5.99. The number of H-pyrrole nitrogens is 1. The Morgan fingerprint density at radius 1 is 1.04 bits per heavy atom. The molecule has 1 heterocycles. The highest BCUT2D eigenvalue weighted by atomic mass is 16.5. The number of ether oxygens (including phenoxy) is 2. The van der Waals surface area contributed by atoms with Crippen LogP contribution in [-0.4, -0.2) is 25.1 Å². The van der Waals surface area contributed by atoms with Gasteiger partial charge in [-0.25, -0.2) is 0 Å². The highest BCUT2D eigenvalue weighted by Crippen LogP contribution is 2.28. The number of aryl methyl sites for hydroxylation is 1. The van der Waals surface area contributed by atoms with E-state index in [0.29, 0.717) is 17.2 Å². The predicted octanol–water partition coefficient (Wildman–Crippen LogP) is 3.68. The molecule has 6 heteroatoms. The minimum Gasteiger partial charge on any atom is -0.493 e. The van der Waals surface area contributed by atoms with Gasteiger partial charge < -0.3 is 19.8 Å². The number of carbonyl (C=O) groups is 1. The Morgan fingerprint density at radius 3 is 2.54 bits per heavy atom. The molecular formula is C22H24N2O4. The Bertz CT molecular complexity index is 1060. The number of amides is 1. The third-order valence-electron chi connectivity index (χ3n) is 4.54. The number of rotatable bonds is 7. The lowest BCUT2D eigenvalue weighted by Gasteiger charge is -2.11. The Morgan fingerprint density at radius 2 is 1.82 bits per heavy atom. The zero-order valence-electron chi connectivity index (χ0n) is 16.3. The first-order valence-corrected chi connectivity index (χ1v) is 9.20. The largest absolute Gasteiger partial charge is 0.493 e. The molecule has 3 aromatic rings. The topological polar surface area (TPSA) is 80.4 Å². The monoisotopic (exact) mass is 380 g/mol. The second-order valence-corrected chi connectivity index (χ2v) is 6.58. The normalized spacial score (nSPS) is 10.7. The molecule has 0 aliphatic heterocycles. The van der Waals surface area contributed by atoms with Crippen molar-refractivity contribution in [1.82, 2.24) is 4.98 Å². The Labute approximate surface area is 163 Å². The zero-order valence-corrected chi connectivity index (χ0v) is 16.3. The van der Waals surface area contributed by atoms with Crippen molar-refractivity contribution in [2.75, 3.05) is 19.5 Å². The SMILES string of the molecule is CCCc1cc(=O)[nH]c2cc(NC(=O)Cc3ccc(OC)c(OC)c3)ccc12. The van der Waals surface area contributed by atoms with Crippen molar-refractivity contribution in [2.45, 2.75) is 26.2 Å². The van der Waals surface area contributed by atoms with Gasteiger partial charge in [0.05, 0.1) is 26.2 Å². The highest BCUT2D eigenvalue weighted by Gasteiger charge is 2.10. The first kappa shape index (κ1) is 19.5. The second-order valence-electron chi connectivity index (χ2n) is 6.58. The summed E-state index contributed by atoms with van der Waals surface area (Å²) in [6.45, 7) is 2.08. The summed E-state index contributed by atoms with van der Waals surface area (Å²) in [4.78, 5) is 27.2. The molecule has 6 nitrogen and oxygen atoms in total. The molecule has 1 aromatic heterocycles.